The molecule has 2 heterocycles. The Morgan fingerprint density at radius 1 is 1.25 bits per heavy atom. The first-order valence-corrected chi connectivity index (χ1v) is 7.04. The van der Waals surface area contributed by atoms with Gasteiger partial charge in [0.15, 0.2) is 11.6 Å². The van der Waals surface area contributed by atoms with Crippen molar-refractivity contribution in [2.24, 2.45) is 5.41 Å². The van der Waals surface area contributed by atoms with Crippen LogP contribution in [0.1, 0.15) is 27.2 Å². The van der Waals surface area contributed by atoms with Crippen molar-refractivity contribution in [3.63, 3.8) is 0 Å². The Bertz CT molecular complexity index is 484. The third kappa shape index (κ3) is 3.26. The molecule has 0 N–H and O–H groups in total. The molecule has 1 aromatic heterocycles. The molecule has 1 fully saturated rings. The molecular weight excluding hydrogens is 257 g/mol. The van der Waals surface area contributed by atoms with Crippen molar-refractivity contribution < 1.29 is 9.18 Å². The molecule has 0 spiro atoms. The van der Waals surface area contributed by atoms with Crippen LogP contribution in [0.15, 0.2) is 18.3 Å². The Hall–Kier alpha value is -1.65. The minimum Gasteiger partial charge on any atom is -0.352 e. The lowest BCUT2D eigenvalue weighted by molar-refractivity contribution is -0.139. The summed E-state index contributed by atoms with van der Waals surface area (Å²) in [5.74, 6) is 0.237. The van der Waals surface area contributed by atoms with Gasteiger partial charge in [-0.2, -0.15) is 0 Å². The molecule has 0 saturated carbocycles. The van der Waals surface area contributed by atoms with Gasteiger partial charge in [-0.1, -0.05) is 20.8 Å². The second-order valence-electron chi connectivity index (χ2n) is 6.19. The smallest absolute Gasteiger partial charge is 0.228 e. The SMILES string of the molecule is CC(C)(C)C(=O)N1CCCN(c2ncccc2F)CC1. The van der Waals surface area contributed by atoms with Crippen LogP contribution >= 0.6 is 0 Å². The highest BCUT2D eigenvalue weighted by molar-refractivity contribution is 5.81. The molecule has 0 aliphatic carbocycles. The average molecular weight is 279 g/mol. The number of anilines is 1. The van der Waals surface area contributed by atoms with Gasteiger partial charge in [0.2, 0.25) is 5.91 Å². The van der Waals surface area contributed by atoms with E-state index in [4.69, 9.17) is 0 Å². The van der Waals surface area contributed by atoms with E-state index in [9.17, 15) is 9.18 Å². The summed E-state index contributed by atoms with van der Waals surface area (Å²) in [5, 5.41) is 0. The van der Waals surface area contributed by atoms with Crippen LogP contribution in [0.5, 0.6) is 0 Å². The Labute approximate surface area is 119 Å². The third-order valence-electron chi connectivity index (χ3n) is 3.46. The Balaban J connectivity index is 2.07. The number of aromatic nitrogens is 1. The molecule has 4 nitrogen and oxygen atoms in total. The van der Waals surface area contributed by atoms with E-state index in [2.05, 4.69) is 4.98 Å². The number of halogens is 1. The number of carbonyl (C=O) groups excluding carboxylic acids is 1. The van der Waals surface area contributed by atoms with Gasteiger partial charge >= 0.3 is 0 Å². The summed E-state index contributed by atoms with van der Waals surface area (Å²) < 4.78 is 13.8. The highest BCUT2D eigenvalue weighted by atomic mass is 19.1. The van der Waals surface area contributed by atoms with Gasteiger partial charge in [0.25, 0.3) is 0 Å². The Morgan fingerprint density at radius 3 is 2.65 bits per heavy atom. The van der Waals surface area contributed by atoms with Crippen LogP contribution in [0.3, 0.4) is 0 Å². The number of carbonyl (C=O) groups is 1. The molecule has 0 aromatic carbocycles. The van der Waals surface area contributed by atoms with Crippen LogP contribution in [-0.4, -0.2) is 42.0 Å². The Kier molecular flexibility index (Phi) is 4.26. The van der Waals surface area contributed by atoms with Crippen molar-refractivity contribution in [1.29, 1.82) is 0 Å². The standard InChI is InChI=1S/C15H22FN3O/c1-15(2,3)14(20)19-9-5-8-18(10-11-19)13-12(16)6-4-7-17-13/h4,6-7H,5,8-11H2,1-3H3. The highest BCUT2D eigenvalue weighted by Crippen LogP contribution is 2.21. The minimum absolute atomic E-state index is 0.154. The molecule has 0 radical (unpaired) electrons. The molecule has 2 rings (SSSR count). The molecule has 0 bridgehead atoms. The lowest BCUT2D eigenvalue weighted by Crippen LogP contribution is -2.41. The lowest BCUT2D eigenvalue weighted by atomic mass is 9.94. The molecule has 0 atom stereocenters. The van der Waals surface area contributed by atoms with Gasteiger partial charge in [-0.05, 0) is 18.6 Å². The number of pyridine rings is 1. The number of hydrogen-bond donors (Lipinski definition) is 0. The number of amides is 1. The van der Waals surface area contributed by atoms with Crippen molar-refractivity contribution in [3.8, 4) is 0 Å². The van der Waals surface area contributed by atoms with Crippen molar-refractivity contribution >= 4 is 11.7 Å². The molecular formula is C15H22FN3O. The van der Waals surface area contributed by atoms with Gasteiger partial charge in [0.05, 0.1) is 0 Å². The van der Waals surface area contributed by atoms with Crippen LogP contribution in [0, 0.1) is 11.2 Å². The molecule has 20 heavy (non-hydrogen) atoms. The van der Waals surface area contributed by atoms with E-state index in [1.165, 1.54) is 6.07 Å². The summed E-state index contributed by atoms with van der Waals surface area (Å²) >= 11 is 0. The maximum absolute atomic E-state index is 13.8. The monoisotopic (exact) mass is 279 g/mol. The van der Waals surface area contributed by atoms with E-state index < -0.39 is 0 Å². The molecule has 1 aliphatic rings. The first-order chi connectivity index (χ1) is 9.39. The second-order valence-corrected chi connectivity index (χ2v) is 6.19. The fourth-order valence-corrected chi connectivity index (χ4v) is 2.42. The highest BCUT2D eigenvalue weighted by Gasteiger charge is 2.29. The summed E-state index contributed by atoms with van der Waals surface area (Å²) in [7, 11) is 0. The van der Waals surface area contributed by atoms with Crippen LogP contribution in [-0.2, 0) is 4.79 Å². The zero-order valence-electron chi connectivity index (χ0n) is 12.4. The second kappa shape index (κ2) is 5.77. The maximum atomic E-state index is 13.8. The molecule has 5 heteroatoms. The summed E-state index contributed by atoms with van der Waals surface area (Å²) in [4.78, 5) is 20.2. The predicted molar refractivity (Wildman–Crippen MR) is 77.1 cm³/mol. The topological polar surface area (TPSA) is 36.4 Å². The van der Waals surface area contributed by atoms with Crippen LogP contribution in [0.2, 0.25) is 0 Å². The number of rotatable bonds is 1. The molecule has 0 unspecified atom stereocenters. The van der Waals surface area contributed by atoms with Gasteiger partial charge in [0.1, 0.15) is 0 Å². The first kappa shape index (κ1) is 14.8. The van der Waals surface area contributed by atoms with Gasteiger partial charge in [-0.25, -0.2) is 9.37 Å². The normalized spacial score (nSPS) is 17.0. The number of nitrogens with zero attached hydrogens (tertiary/aromatic N) is 3. The zero-order valence-corrected chi connectivity index (χ0v) is 12.4. The first-order valence-electron chi connectivity index (χ1n) is 7.04. The summed E-state index contributed by atoms with van der Waals surface area (Å²) in [6.45, 7) is 8.47. The summed E-state index contributed by atoms with van der Waals surface area (Å²) in [6.07, 6.45) is 2.43. The van der Waals surface area contributed by atoms with Gasteiger partial charge in [0, 0.05) is 37.8 Å². The van der Waals surface area contributed by atoms with E-state index in [1.54, 1.807) is 12.3 Å². The van der Waals surface area contributed by atoms with Crippen LogP contribution in [0.4, 0.5) is 10.2 Å². The lowest BCUT2D eigenvalue weighted by Gasteiger charge is -2.28. The van der Waals surface area contributed by atoms with Crippen molar-refractivity contribution in [3.05, 3.63) is 24.1 Å². The average Bonchev–Trinajstić information content (AvgIpc) is 2.63. The molecule has 1 aromatic rings. The van der Waals surface area contributed by atoms with E-state index in [0.717, 1.165) is 19.5 Å². The van der Waals surface area contributed by atoms with E-state index in [0.29, 0.717) is 18.9 Å². The largest absolute Gasteiger partial charge is 0.352 e. The number of hydrogen-bond acceptors (Lipinski definition) is 3. The van der Waals surface area contributed by atoms with Crippen LogP contribution in [0.25, 0.3) is 0 Å². The molecule has 1 amide bonds. The maximum Gasteiger partial charge on any atom is 0.228 e. The van der Waals surface area contributed by atoms with Gasteiger partial charge < -0.3 is 9.80 Å². The predicted octanol–water partition coefficient (Wildman–Crippen LogP) is 2.31. The van der Waals surface area contributed by atoms with Gasteiger partial charge in [-0.15, -0.1) is 0 Å². The fraction of sp³-hybridized carbons (Fsp3) is 0.600. The molecule has 110 valence electrons. The van der Waals surface area contributed by atoms with E-state index in [1.807, 2.05) is 30.6 Å². The van der Waals surface area contributed by atoms with Crippen molar-refractivity contribution in [2.75, 3.05) is 31.1 Å². The van der Waals surface area contributed by atoms with Crippen LogP contribution < -0.4 is 4.90 Å². The van der Waals surface area contributed by atoms with E-state index in [-0.39, 0.29) is 17.1 Å². The molecule has 1 saturated heterocycles. The summed E-state index contributed by atoms with van der Waals surface area (Å²) in [5.41, 5.74) is -0.370. The van der Waals surface area contributed by atoms with E-state index >= 15 is 0 Å². The van der Waals surface area contributed by atoms with Crippen molar-refractivity contribution in [2.45, 2.75) is 27.2 Å². The summed E-state index contributed by atoms with van der Waals surface area (Å²) in [6, 6.07) is 3.01. The molecule has 1 aliphatic heterocycles. The van der Waals surface area contributed by atoms with Crippen molar-refractivity contribution in [1.82, 2.24) is 9.88 Å². The minimum atomic E-state index is -0.370. The zero-order chi connectivity index (χ0) is 14.8. The Morgan fingerprint density at radius 2 is 2.00 bits per heavy atom. The van der Waals surface area contributed by atoms with Gasteiger partial charge in [-0.3, -0.25) is 4.79 Å². The fourth-order valence-electron chi connectivity index (χ4n) is 2.42. The quantitative estimate of drug-likeness (QED) is 0.791. The third-order valence-corrected chi connectivity index (χ3v) is 3.46.